The van der Waals surface area contributed by atoms with Gasteiger partial charge in [-0.05, 0) is 50.0 Å². The number of benzene rings is 1. The standard InChI is InChI=1S/C22H29N5O/c1-15-21(24-25-23-15)22(28)26-12-17-10-18(14-26)20-9-5-8-19(27(20)13-17)11-16-6-3-2-4-7-16/h2-4,6-7,17-20H,5,8-14H2,1H3,(H,23,24,25)/t17-,18+,19+,20-/m0/s1. The number of carbonyl (C=O) groups is 1. The van der Waals surface area contributed by atoms with E-state index in [0.717, 1.165) is 26.1 Å². The van der Waals surface area contributed by atoms with Gasteiger partial charge in [-0.15, -0.1) is 0 Å². The van der Waals surface area contributed by atoms with E-state index in [1.807, 2.05) is 11.8 Å². The molecule has 1 amide bonds. The Morgan fingerprint density at radius 1 is 1.14 bits per heavy atom. The number of H-pyrrole nitrogens is 1. The Balaban J connectivity index is 1.32. The second-order valence-electron chi connectivity index (χ2n) is 8.87. The summed E-state index contributed by atoms with van der Waals surface area (Å²) in [6, 6.07) is 12.2. The lowest BCUT2D eigenvalue weighted by Gasteiger charge is -2.55. The molecule has 0 saturated carbocycles. The third-order valence-electron chi connectivity index (χ3n) is 7.04. The predicted octanol–water partition coefficient (Wildman–Crippen LogP) is 2.67. The highest BCUT2D eigenvalue weighted by molar-refractivity contribution is 5.93. The summed E-state index contributed by atoms with van der Waals surface area (Å²) >= 11 is 0. The molecule has 3 aliphatic rings. The van der Waals surface area contributed by atoms with Crippen molar-refractivity contribution in [2.24, 2.45) is 11.8 Å². The first kappa shape index (κ1) is 17.9. The summed E-state index contributed by atoms with van der Waals surface area (Å²) in [5, 5.41) is 10.7. The molecule has 6 heteroatoms. The Labute approximate surface area is 166 Å². The van der Waals surface area contributed by atoms with Crippen LogP contribution in [-0.4, -0.2) is 62.8 Å². The molecular formula is C22H29N5O. The zero-order chi connectivity index (χ0) is 19.1. The first-order valence-electron chi connectivity index (χ1n) is 10.7. The molecular weight excluding hydrogens is 350 g/mol. The van der Waals surface area contributed by atoms with Gasteiger partial charge in [-0.1, -0.05) is 36.8 Å². The highest BCUT2D eigenvalue weighted by Crippen LogP contribution is 2.40. The molecule has 5 rings (SSSR count). The SMILES string of the molecule is Cc1n[nH]nc1C(=O)N1C[C@@H]2C[C@H](C1)[C@@H]1CCC[C@H](Cc3ccccc3)N1C2. The topological polar surface area (TPSA) is 65.1 Å². The van der Waals surface area contributed by atoms with Gasteiger partial charge in [0.05, 0.1) is 5.69 Å². The summed E-state index contributed by atoms with van der Waals surface area (Å²) < 4.78 is 0. The lowest BCUT2D eigenvalue weighted by atomic mass is 9.74. The second kappa shape index (κ2) is 7.32. The van der Waals surface area contributed by atoms with E-state index >= 15 is 0 Å². The minimum absolute atomic E-state index is 0.0473. The predicted molar refractivity (Wildman–Crippen MR) is 107 cm³/mol. The maximum atomic E-state index is 13.0. The molecule has 2 aromatic rings. The minimum Gasteiger partial charge on any atom is -0.337 e. The molecule has 0 spiro atoms. The van der Waals surface area contributed by atoms with Crippen molar-refractivity contribution in [2.45, 2.75) is 51.1 Å². The van der Waals surface area contributed by atoms with E-state index in [9.17, 15) is 4.79 Å². The van der Waals surface area contributed by atoms with Crippen LogP contribution >= 0.6 is 0 Å². The first-order chi connectivity index (χ1) is 13.7. The third kappa shape index (κ3) is 3.24. The quantitative estimate of drug-likeness (QED) is 0.890. The Bertz CT molecular complexity index is 834. The number of aromatic amines is 1. The van der Waals surface area contributed by atoms with Crippen LogP contribution in [0.15, 0.2) is 30.3 Å². The van der Waals surface area contributed by atoms with Crippen LogP contribution in [0.3, 0.4) is 0 Å². The smallest absolute Gasteiger partial charge is 0.276 e. The highest BCUT2D eigenvalue weighted by Gasteiger charge is 2.45. The number of piperidine rings is 3. The van der Waals surface area contributed by atoms with E-state index in [2.05, 4.69) is 50.6 Å². The van der Waals surface area contributed by atoms with Gasteiger partial charge in [-0.3, -0.25) is 9.69 Å². The number of aryl methyl sites for hydroxylation is 1. The van der Waals surface area contributed by atoms with E-state index in [4.69, 9.17) is 0 Å². The maximum absolute atomic E-state index is 13.0. The van der Waals surface area contributed by atoms with E-state index in [1.165, 1.54) is 31.2 Å². The molecule has 0 aliphatic carbocycles. The number of aromatic nitrogens is 3. The average molecular weight is 380 g/mol. The van der Waals surface area contributed by atoms with Crippen molar-refractivity contribution in [1.29, 1.82) is 0 Å². The molecule has 3 aliphatic heterocycles. The van der Waals surface area contributed by atoms with Crippen LogP contribution in [0.4, 0.5) is 0 Å². The molecule has 1 aromatic carbocycles. The fourth-order valence-corrected chi connectivity index (χ4v) is 5.82. The number of fused-ring (bicyclic) bond motifs is 4. The van der Waals surface area contributed by atoms with E-state index in [-0.39, 0.29) is 5.91 Å². The molecule has 0 unspecified atom stereocenters. The van der Waals surface area contributed by atoms with Gasteiger partial charge in [0, 0.05) is 31.7 Å². The summed E-state index contributed by atoms with van der Waals surface area (Å²) in [4.78, 5) is 17.8. The van der Waals surface area contributed by atoms with Crippen molar-refractivity contribution >= 4 is 5.91 Å². The lowest BCUT2D eigenvalue weighted by molar-refractivity contribution is -0.0499. The number of hydrogen-bond donors (Lipinski definition) is 1. The van der Waals surface area contributed by atoms with Gasteiger partial charge in [0.1, 0.15) is 0 Å². The summed E-state index contributed by atoms with van der Waals surface area (Å²) in [6.07, 6.45) is 6.29. The zero-order valence-corrected chi connectivity index (χ0v) is 16.6. The molecule has 148 valence electrons. The summed E-state index contributed by atoms with van der Waals surface area (Å²) in [6.45, 7) is 4.68. The molecule has 6 nitrogen and oxygen atoms in total. The normalized spacial score (nSPS) is 30.1. The van der Waals surface area contributed by atoms with Crippen molar-refractivity contribution in [3.63, 3.8) is 0 Å². The number of likely N-dealkylation sites (tertiary alicyclic amines) is 1. The van der Waals surface area contributed by atoms with Crippen molar-refractivity contribution in [2.75, 3.05) is 19.6 Å². The van der Waals surface area contributed by atoms with Crippen molar-refractivity contribution in [3.8, 4) is 0 Å². The fraction of sp³-hybridized carbons (Fsp3) is 0.591. The number of carbonyl (C=O) groups excluding carboxylic acids is 1. The van der Waals surface area contributed by atoms with Crippen LogP contribution in [0, 0.1) is 18.8 Å². The number of nitrogens with zero attached hydrogens (tertiary/aromatic N) is 4. The van der Waals surface area contributed by atoms with Crippen molar-refractivity contribution < 1.29 is 4.79 Å². The van der Waals surface area contributed by atoms with Crippen LogP contribution in [0.25, 0.3) is 0 Å². The molecule has 2 bridgehead atoms. The minimum atomic E-state index is 0.0473. The second-order valence-corrected chi connectivity index (χ2v) is 8.87. The van der Waals surface area contributed by atoms with Crippen molar-refractivity contribution in [3.05, 3.63) is 47.3 Å². The number of rotatable bonds is 3. The monoisotopic (exact) mass is 379 g/mol. The number of nitrogens with one attached hydrogen (secondary N) is 1. The molecule has 3 fully saturated rings. The van der Waals surface area contributed by atoms with Crippen LogP contribution in [0.1, 0.15) is 47.4 Å². The van der Waals surface area contributed by atoms with Gasteiger partial charge in [-0.2, -0.15) is 15.4 Å². The molecule has 4 heterocycles. The molecule has 0 radical (unpaired) electrons. The fourth-order valence-electron chi connectivity index (χ4n) is 5.82. The number of hydrogen-bond acceptors (Lipinski definition) is 4. The molecule has 1 aromatic heterocycles. The average Bonchev–Trinajstić information content (AvgIpc) is 3.14. The van der Waals surface area contributed by atoms with E-state index < -0.39 is 0 Å². The molecule has 1 N–H and O–H groups in total. The Morgan fingerprint density at radius 2 is 2.00 bits per heavy atom. The first-order valence-corrected chi connectivity index (χ1v) is 10.7. The van der Waals surface area contributed by atoms with E-state index in [0.29, 0.717) is 35.3 Å². The third-order valence-corrected chi connectivity index (χ3v) is 7.04. The van der Waals surface area contributed by atoms with Crippen molar-refractivity contribution in [1.82, 2.24) is 25.2 Å². The summed E-state index contributed by atoms with van der Waals surface area (Å²) in [5.41, 5.74) is 2.63. The summed E-state index contributed by atoms with van der Waals surface area (Å²) in [7, 11) is 0. The zero-order valence-electron chi connectivity index (χ0n) is 16.6. The Morgan fingerprint density at radius 3 is 2.79 bits per heavy atom. The Kier molecular flexibility index (Phi) is 4.67. The van der Waals surface area contributed by atoms with E-state index in [1.54, 1.807) is 0 Å². The molecule has 28 heavy (non-hydrogen) atoms. The van der Waals surface area contributed by atoms with Gasteiger partial charge in [0.15, 0.2) is 5.69 Å². The van der Waals surface area contributed by atoms with Gasteiger partial charge in [0.25, 0.3) is 5.91 Å². The summed E-state index contributed by atoms with van der Waals surface area (Å²) in [5.74, 6) is 1.20. The van der Waals surface area contributed by atoms with Gasteiger partial charge < -0.3 is 4.90 Å². The van der Waals surface area contributed by atoms with Gasteiger partial charge in [0.2, 0.25) is 0 Å². The van der Waals surface area contributed by atoms with Crippen LogP contribution in [-0.2, 0) is 6.42 Å². The molecule has 4 atom stereocenters. The highest BCUT2D eigenvalue weighted by atomic mass is 16.2. The van der Waals surface area contributed by atoms with Crippen LogP contribution in [0.2, 0.25) is 0 Å². The van der Waals surface area contributed by atoms with Crippen LogP contribution in [0.5, 0.6) is 0 Å². The lowest BCUT2D eigenvalue weighted by Crippen LogP contribution is -2.62. The largest absolute Gasteiger partial charge is 0.337 e. The van der Waals surface area contributed by atoms with Gasteiger partial charge >= 0.3 is 0 Å². The molecule has 3 saturated heterocycles. The van der Waals surface area contributed by atoms with Crippen LogP contribution < -0.4 is 0 Å². The number of amides is 1. The Hall–Kier alpha value is -2.21. The van der Waals surface area contributed by atoms with Gasteiger partial charge in [-0.25, -0.2) is 0 Å². The maximum Gasteiger partial charge on any atom is 0.276 e.